The average molecular weight is 409 g/mol. The molecule has 2 aromatic heterocycles. The molecule has 0 saturated heterocycles. The molecular formula is C20H19N5O3S. The minimum absolute atomic E-state index is 0.211. The molecule has 2 aromatic carbocycles. The number of hydrogen-bond acceptors (Lipinski definition) is 7. The lowest BCUT2D eigenvalue weighted by atomic mass is 10.1. The second kappa shape index (κ2) is 7.88. The molecule has 0 aliphatic heterocycles. The first-order chi connectivity index (χ1) is 14.1. The Morgan fingerprint density at radius 3 is 2.66 bits per heavy atom. The zero-order chi connectivity index (χ0) is 20.4. The van der Waals surface area contributed by atoms with E-state index in [-0.39, 0.29) is 12.3 Å². The van der Waals surface area contributed by atoms with E-state index in [1.165, 1.54) is 9.36 Å². The van der Waals surface area contributed by atoms with Crippen molar-refractivity contribution < 1.29 is 9.47 Å². The van der Waals surface area contributed by atoms with E-state index in [0.29, 0.717) is 17.0 Å². The van der Waals surface area contributed by atoms with Gasteiger partial charge in [0, 0.05) is 13.2 Å². The fourth-order valence-corrected chi connectivity index (χ4v) is 3.65. The van der Waals surface area contributed by atoms with Gasteiger partial charge in [0.05, 0.1) is 28.7 Å². The molecule has 0 saturated carbocycles. The maximum atomic E-state index is 12.3. The molecule has 0 unspecified atom stereocenters. The predicted octanol–water partition coefficient (Wildman–Crippen LogP) is 2.99. The number of aryl methyl sites for hydroxylation is 2. The lowest BCUT2D eigenvalue weighted by Crippen LogP contribution is -2.23. The van der Waals surface area contributed by atoms with Gasteiger partial charge in [0.25, 0.3) is 0 Å². The molecule has 0 radical (unpaired) electrons. The Morgan fingerprint density at radius 1 is 1.14 bits per heavy atom. The molecule has 8 nitrogen and oxygen atoms in total. The van der Waals surface area contributed by atoms with Gasteiger partial charge in [0.1, 0.15) is 18.1 Å². The van der Waals surface area contributed by atoms with Gasteiger partial charge in [-0.3, -0.25) is 4.98 Å². The van der Waals surface area contributed by atoms with E-state index < -0.39 is 0 Å². The third-order valence-corrected chi connectivity index (χ3v) is 5.36. The predicted molar refractivity (Wildman–Crippen MR) is 110 cm³/mol. The number of hydrogen-bond donors (Lipinski definition) is 0. The third kappa shape index (κ3) is 3.64. The SMILES string of the molecule is COc1cccc(-n2nnn(C)c2=O)c1COc1ccc(-c2cncs2)cc1C. The van der Waals surface area contributed by atoms with Crippen molar-refractivity contribution in [2.24, 2.45) is 7.05 Å². The monoisotopic (exact) mass is 409 g/mol. The molecular weight excluding hydrogens is 390 g/mol. The molecule has 4 rings (SSSR count). The third-order valence-electron chi connectivity index (χ3n) is 4.54. The molecule has 0 fully saturated rings. The number of methoxy groups -OCH3 is 1. The smallest absolute Gasteiger partial charge is 0.368 e. The first-order valence-corrected chi connectivity index (χ1v) is 9.74. The maximum absolute atomic E-state index is 12.3. The molecule has 0 bridgehead atoms. The van der Waals surface area contributed by atoms with Crippen molar-refractivity contribution in [1.29, 1.82) is 0 Å². The fourth-order valence-electron chi connectivity index (χ4n) is 3.03. The van der Waals surface area contributed by atoms with Crippen LogP contribution >= 0.6 is 11.3 Å². The van der Waals surface area contributed by atoms with Crippen molar-refractivity contribution in [3.05, 3.63) is 69.7 Å². The Morgan fingerprint density at radius 2 is 2.00 bits per heavy atom. The minimum atomic E-state index is -0.343. The standard InChI is InChI=1S/C20H19N5O3S/c1-13-9-14(19-10-21-12-29-19)7-8-17(13)28-11-15-16(5-4-6-18(15)27-3)25-20(26)24(2)22-23-25/h4-10,12H,11H2,1-3H3. The summed E-state index contributed by atoms with van der Waals surface area (Å²) in [7, 11) is 3.13. The van der Waals surface area contributed by atoms with Crippen molar-refractivity contribution in [3.8, 4) is 27.6 Å². The summed E-state index contributed by atoms with van der Waals surface area (Å²) in [6.45, 7) is 2.21. The van der Waals surface area contributed by atoms with Crippen LogP contribution in [0.15, 0.2) is 52.9 Å². The van der Waals surface area contributed by atoms with Gasteiger partial charge in [0.2, 0.25) is 0 Å². The Kier molecular flexibility index (Phi) is 5.13. The van der Waals surface area contributed by atoms with E-state index in [9.17, 15) is 4.79 Å². The minimum Gasteiger partial charge on any atom is -0.496 e. The highest BCUT2D eigenvalue weighted by molar-refractivity contribution is 7.13. The van der Waals surface area contributed by atoms with E-state index in [1.807, 2.05) is 36.8 Å². The van der Waals surface area contributed by atoms with Gasteiger partial charge in [-0.1, -0.05) is 6.07 Å². The number of rotatable bonds is 6. The highest BCUT2D eigenvalue weighted by atomic mass is 32.1. The van der Waals surface area contributed by atoms with Crippen molar-refractivity contribution in [3.63, 3.8) is 0 Å². The van der Waals surface area contributed by atoms with E-state index in [0.717, 1.165) is 21.8 Å². The van der Waals surface area contributed by atoms with Crippen LogP contribution in [0.25, 0.3) is 16.1 Å². The summed E-state index contributed by atoms with van der Waals surface area (Å²) in [6, 6.07) is 11.4. The maximum Gasteiger partial charge on any atom is 0.368 e. The van der Waals surface area contributed by atoms with Gasteiger partial charge >= 0.3 is 5.69 Å². The van der Waals surface area contributed by atoms with Crippen LogP contribution < -0.4 is 15.2 Å². The van der Waals surface area contributed by atoms with Crippen molar-refractivity contribution in [2.75, 3.05) is 7.11 Å². The summed E-state index contributed by atoms with van der Waals surface area (Å²) in [5, 5.41) is 7.72. The van der Waals surface area contributed by atoms with Crippen LogP contribution in [0.4, 0.5) is 0 Å². The lowest BCUT2D eigenvalue weighted by molar-refractivity contribution is 0.294. The van der Waals surface area contributed by atoms with Crippen LogP contribution in [-0.4, -0.2) is 31.9 Å². The number of thiazole rings is 1. The Labute approximate surface area is 171 Å². The summed E-state index contributed by atoms with van der Waals surface area (Å²) in [4.78, 5) is 17.5. The van der Waals surface area contributed by atoms with Gasteiger partial charge in [0.15, 0.2) is 0 Å². The summed E-state index contributed by atoms with van der Waals surface area (Å²) >= 11 is 1.59. The summed E-state index contributed by atoms with van der Waals surface area (Å²) in [6.07, 6.45) is 1.85. The fraction of sp³-hybridized carbons (Fsp3) is 0.200. The van der Waals surface area contributed by atoms with Crippen LogP contribution in [0.3, 0.4) is 0 Å². The number of aromatic nitrogens is 5. The van der Waals surface area contributed by atoms with Gasteiger partial charge < -0.3 is 9.47 Å². The van der Waals surface area contributed by atoms with Crippen LogP contribution in [0, 0.1) is 6.92 Å². The molecule has 29 heavy (non-hydrogen) atoms. The number of benzene rings is 2. The zero-order valence-corrected chi connectivity index (χ0v) is 17.0. The average Bonchev–Trinajstić information content (AvgIpc) is 3.38. The Hall–Kier alpha value is -3.46. The topological polar surface area (TPSA) is 84.1 Å². The van der Waals surface area contributed by atoms with E-state index in [2.05, 4.69) is 21.5 Å². The second-order valence-corrected chi connectivity index (χ2v) is 7.28. The molecule has 0 aliphatic carbocycles. The highest BCUT2D eigenvalue weighted by Crippen LogP contribution is 2.30. The molecule has 0 amide bonds. The summed E-state index contributed by atoms with van der Waals surface area (Å²) < 4.78 is 14.0. The van der Waals surface area contributed by atoms with Crippen molar-refractivity contribution in [2.45, 2.75) is 13.5 Å². The van der Waals surface area contributed by atoms with E-state index in [4.69, 9.17) is 9.47 Å². The second-order valence-electron chi connectivity index (χ2n) is 6.39. The van der Waals surface area contributed by atoms with Gasteiger partial charge in [-0.15, -0.1) is 11.3 Å². The molecule has 0 atom stereocenters. The van der Waals surface area contributed by atoms with Crippen molar-refractivity contribution in [1.82, 2.24) is 24.8 Å². The largest absolute Gasteiger partial charge is 0.496 e. The van der Waals surface area contributed by atoms with Crippen LogP contribution in [-0.2, 0) is 13.7 Å². The van der Waals surface area contributed by atoms with E-state index >= 15 is 0 Å². The summed E-state index contributed by atoms with van der Waals surface area (Å²) in [5.74, 6) is 1.36. The molecule has 4 aromatic rings. The van der Waals surface area contributed by atoms with Crippen LogP contribution in [0.1, 0.15) is 11.1 Å². The highest BCUT2D eigenvalue weighted by Gasteiger charge is 2.16. The first kappa shape index (κ1) is 18.9. The number of ether oxygens (including phenoxy) is 2. The lowest BCUT2D eigenvalue weighted by Gasteiger charge is -2.15. The van der Waals surface area contributed by atoms with Gasteiger partial charge in [-0.25, -0.2) is 4.79 Å². The number of tetrazole rings is 1. The molecule has 2 heterocycles. The Balaban J connectivity index is 1.65. The Bertz CT molecular complexity index is 1200. The van der Waals surface area contributed by atoms with Crippen molar-refractivity contribution >= 4 is 11.3 Å². The normalized spacial score (nSPS) is 10.9. The molecule has 9 heteroatoms. The van der Waals surface area contributed by atoms with Crippen LogP contribution in [0.2, 0.25) is 0 Å². The summed E-state index contributed by atoms with van der Waals surface area (Å²) in [5.41, 5.74) is 4.85. The first-order valence-electron chi connectivity index (χ1n) is 8.86. The van der Waals surface area contributed by atoms with E-state index in [1.54, 1.807) is 37.6 Å². The van der Waals surface area contributed by atoms with Gasteiger partial charge in [-0.05, 0) is 58.8 Å². The zero-order valence-electron chi connectivity index (χ0n) is 16.2. The van der Waals surface area contributed by atoms with Crippen LogP contribution in [0.5, 0.6) is 11.5 Å². The molecule has 0 aliphatic rings. The molecule has 148 valence electrons. The number of nitrogens with zero attached hydrogens (tertiary/aromatic N) is 5. The quantitative estimate of drug-likeness (QED) is 0.487. The molecule has 0 N–H and O–H groups in total. The van der Waals surface area contributed by atoms with Gasteiger partial charge in [-0.2, -0.15) is 9.36 Å². The molecule has 0 spiro atoms.